The van der Waals surface area contributed by atoms with Gasteiger partial charge < -0.3 is 9.72 Å². The van der Waals surface area contributed by atoms with Gasteiger partial charge in [-0.15, -0.1) is 0 Å². The summed E-state index contributed by atoms with van der Waals surface area (Å²) in [6.45, 7) is 1.04. The van der Waals surface area contributed by atoms with E-state index in [0.29, 0.717) is 0 Å². The van der Waals surface area contributed by atoms with E-state index in [4.69, 9.17) is 0 Å². The molecule has 0 fully saturated rings. The number of rotatable bonds is 4. The van der Waals surface area contributed by atoms with Crippen molar-refractivity contribution in [2.75, 3.05) is 13.6 Å². The molecule has 0 bridgehead atoms. The van der Waals surface area contributed by atoms with Crippen molar-refractivity contribution in [2.45, 2.75) is 12.8 Å². The average molecular weight is 189 g/mol. The van der Waals surface area contributed by atoms with E-state index in [2.05, 4.69) is 27.0 Å². The SMILES string of the molecule is CNCCCc1ncc2ccccn12. The molecule has 0 atom stereocenters. The van der Waals surface area contributed by atoms with Crippen molar-refractivity contribution < 1.29 is 0 Å². The van der Waals surface area contributed by atoms with E-state index in [1.165, 1.54) is 5.52 Å². The number of aryl methyl sites for hydroxylation is 1. The van der Waals surface area contributed by atoms with Gasteiger partial charge in [-0.2, -0.15) is 0 Å². The lowest BCUT2D eigenvalue weighted by Crippen LogP contribution is -2.09. The average Bonchev–Trinajstić information content (AvgIpc) is 2.63. The smallest absolute Gasteiger partial charge is 0.113 e. The van der Waals surface area contributed by atoms with Gasteiger partial charge in [-0.25, -0.2) is 4.98 Å². The number of nitrogens with one attached hydrogen (secondary N) is 1. The van der Waals surface area contributed by atoms with Crippen molar-refractivity contribution in [3.8, 4) is 0 Å². The van der Waals surface area contributed by atoms with E-state index in [9.17, 15) is 0 Å². The molecule has 2 heterocycles. The van der Waals surface area contributed by atoms with Crippen molar-refractivity contribution >= 4 is 5.52 Å². The minimum Gasteiger partial charge on any atom is -0.320 e. The van der Waals surface area contributed by atoms with Gasteiger partial charge in [-0.1, -0.05) is 6.07 Å². The molecule has 0 radical (unpaired) electrons. The summed E-state index contributed by atoms with van der Waals surface area (Å²) in [6.07, 6.45) is 6.15. The molecule has 0 amide bonds. The van der Waals surface area contributed by atoms with E-state index in [0.717, 1.165) is 25.2 Å². The lowest BCUT2D eigenvalue weighted by atomic mass is 10.3. The first-order chi connectivity index (χ1) is 6.92. The molecule has 0 aliphatic rings. The second kappa shape index (κ2) is 4.24. The molecule has 2 aromatic rings. The highest BCUT2D eigenvalue weighted by Gasteiger charge is 2.00. The first-order valence-electron chi connectivity index (χ1n) is 4.97. The van der Waals surface area contributed by atoms with Gasteiger partial charge in [-0.3, -0.25) is 0 Å². The van der Waals surface area contributed by atoms with E-state index >= 15 is 0 Å². The van der Waals surface area contributed by atoms with Crippen molar-refractivity contribution in [1.82, 2.24) is 14.7 Å². The van der Waals surface area contributed by atoms with Crippen LogP contribution in [-0.2, 0) is 6.42 Å². The van der Waals surface area contributed by atoms with Crippen LogP contribution in [0.1, 0.15) is 12.2 Å². The van der Waals surface area contributed by atoms with Gasteiger partial charge in [0.15, 0.2) is 0 Å². The maximum atomic E-state index is 4.40. The number of hydrogen-bond acceptors (Lipinski definition) is 2. The number of fused-ring (bicyclic) bond motifs is 1. The Morgan fingerprint density at radius 1 is 1.43 bits per heavy atom. The molecule has 0 saturated carbocycles. The minimum atomic E-state index is 1.03. The Balaban J connectivity index is 2.17. The molecule has 0 unspecified atom stereocenters. The fourth-order valence-electron chi connectivity index (χ4n) is 1.61. The molecule has 0 aliphatic heterocycles. The molecule has 0 spiro atoms. The van der Waals surface area contributed by atoms with E-state index in [-0.39, 0.29) is 0 Å². The molecular weight excluding hydrogens is 174 g/mol. The molecular formula is C11H15N3. The number of nitrogens with zero attached hydrogens (tertiary/aromatic N) is 2. The first kappa shape index (κ1) is 9.21. The van der Waals surface area contributed by atoms with Gasteiger partial charge in [0.2, 0.25) is 0 Å². The third-order valence-electron chi connectivity index (χ3n) is 2.34. The molecule has 3 heteroatoms. The van der Waals surface area contributed by atoms with Crippen molar-refractivity contribution in [3.63, 3.8) is 0 Å². The summed E-state index contributed by atoms with van der Waals surface area (Å²) in [6, 6.07) is 6.15. The largest absolute Gasteiger partial charge is 0.320 e. The van der Waals surface area contributed by atoms with Crippen molar-refractivity contribution in [2.24, 2.45) is 0 Å². The fraction of sp³-hybridized carbons (Fsp3) is 0.364. The summed E-state index contributed by atoms with van der Waals surface area (Å²) in [4.78, 5) is 4.40. The zero-order valence-electron chi connectivity index (χ0n) is 8.40. The Bertz CT molecular complexity index is 406. The molecule has 0 aromatic carbocycles. The fourth-order valence-corrected chi connectivity index (χ4v) is 1.61. The first-order valence-corrected chi connectivity index (χ1v) is 4.97. The predicted octanol–water partition coefficient (Wildman–Crippen LogP) is 1.49. The number of pyridine rings is 1. The molecule has 0 aliphatic carbocycles. The Hall–Kier alpha value is -1.35. The van der Waals surface area contributed by atoms with Crippen LogP contribution < -0.4 is 5.32 Å². The van der Waals surface area contributed by atoms with Crippen LogP contribution in [0, 0.1) is 0 Å². The molecule has 14 heavy (non-hydrogen) atoms. The van der Waals surface area contributed by atoms with Crippen LogP contribution in [0.5, 0.6) is 0 Å². The van der Waals surface area contributed by atoms with Gasteiger partial charge >= 0.3 is 0 Å². The van der Waals surface area contributed by atoms with Crippen LogP contribution >= 0.6 is 0 Å². The Morgan fingerprint density at radius 3 is 3.21 bits per heavy atom. The summed E-state index contributed by atoms with van der Waals surface area (Å²) < 4.78 is 2.15. The summed E-state index contributed by atoms with van der Waals surface area (Å²) >= 11 is 0. The third-order valence-corrected chi connectivity index (χ3v) is 2.34. The van der Waals surface area contributed by atoms with Gasteiger partial charge in [0.1, 0.15) is 5.82 Å². The van der Waals surface area contributed by atoms with E-state index in [1.807, 2.05) is 25.4 Å². The third kappa shape index (κ3) is 1.77. The van der Waals surface area contributed by atoms with Gasteiger partial charge in [0.25, 0.3) is 0 Å². The highest BCUT2D eigenvalue weighted by Crippen LogP contribution is 2.07. The van der Waals surface area contributed by atoms with Gasteiger partial charge in [0.05, 0.1) is 11.7 Å². The molecule has 3 nitrogen and oxygen atoms in total. The second-order valence-electron chi connectivity index (χ2n) is 3.38. The standard InChI is InChI=1S/C11H15N3/c1-12-7-4-6-11-13-9-10-5-2-3-8-14(10)11/h2-3,5,8-9,12H,4,6-7H2,1H3. The van der Waals surface area contributed by atoms with Crippen LogP contribution in [0.3, 0.4) is 0 Å². The minimum absolute atomic E-state index is 1.03. The number of hydrogen-bond donors (Lipinski definition) is 1. The summed E-state index contributed by atoms with van der Waals surface area (Å²) in [5.41, 5.74) is 1.17. The maximum Gasteiger partial charge on any atom is 0.113 e. The van der Waals surface area contributed by atoms with Gasteiger partial charge in [-0.05, 0) is 32.1 Å². The molecule has 2 aromatic heterocycles. The van der Waals surface area contributed by atoms with Crippen LogP contribution in [0.2, 0.25) is 0 Å². The van der Waals surface area contributed by atoms with Crippen molar-refractivity contribution in [1.29, 1.82) is 0 Å². The number of aromatic nitrogens is 2. The molecule has 1 N–H and O–H groups in total. The number of imidazole rings is 1. The Labute approximate surface area is 83.8 Å². The van der Waals surface area contributed by atoms with E-state index in [1.54, 1.807) is 0 Å². The lowest BCUT2D eigenvalue weighted by Gasteiger charge is -2.00. The van der Waals surface area contributed by atoms with E-state index < -0.39 is 0 Å². The molecule has 74 valence electrons. The molecule has 0 saturated heterocycles. The predicted molar refractivity (Wildman–Crippen MR) is 57.4 cm³/mol. The normalized spacial score (nSPS) is 10.9. The maximum absolute atomic E-state index is 4.40. The summed E-state index contributed by atoms with van der Waals surface area (Å²) in [7, 11) is 1.98. The quantitative estimate of drug-likeness (QED) is 0.738. The summed E-state index contributed by atoms with van der Waals surface area (Å²) in [5.74, 6) is 1.15. The Morgan fingerprint density at radius 2 is 2.36 bits per heavy atom. The lowest BCUT2D eigenvalue weighted by molar-refractivity contribution is 0.701. The summed E-state index contributed by atoms with van der Waals surface area (Å²) in [5, 5.41) is 3.14. The van der Waals surface area contributed by atoms with Crippen molar-refractivity contribution in [3.05, 3.63) is 36.4 Å². The monoisotopic (exact) mass is 189 g/mol. The topological polar surface area (TPSA) is 29.3 Å². The van der Waals surface area contributed by atoms with Crippen LogP contribution in [0.25, 0.3) is 5.52 Å². The molecule has 2 rings (SSSR count). The highest BCUT2D eigenvalue weighted by molar-refractivity contribution is 5.45. The zero-order chi connectivity index (χ0) is 9.80. The van der Waals surface area contributed by atoms with Gasteiger partial charge in [0, 0.05) is 12.6 Å². The Kier molecular flexibility index (Phi) is 2.79. The highest BCUT2D eigenvalue weighted by atomic mass is 15.0. The van der Waals surface area contributed by atoms with Crippen LogP contribution in [-0.4, -0.2) is 23.0 Å². The second-order valence-corrected chi connectivity index (χ2v) is 3.38. The van der Waals surface area contributed by atoms with Crippen LogP contribution in [0.15, 0.2) is 30.6 Å². The van der Waals surface area contributed by atoms with Crippen LogP contribution in [0.4, 0.5) is 0 Å². The zero-order valence-corrected chi connectivity index (χ0v) is 8.40.